The third-order valence-corrected chi connectivity index (χ3v) is 2.64. The molecule has 0 spiro atoms. The van der Waals surface area contributed by atoms with Gasteiger partial charge in [-0.25, -0.2) is 9.97 Å². The molecule has 4 heteroatoms. The van der Waals surface area contributed by atoms with Gasteiger partial charge in [0, 0.05) is 37.8 Å². The molecule has 0 unspecified atom stereocenters. The fourth-order valence-corrected chi connectivity index (χ4v) is 1.79. The van der Waals surface area contributed by atoms with Crippen LogP contribution in [0.15, 0.2) is 30.5 Å². The average Bonchev–Trinajstić information content (AvgIpc) is 2.40. The lowest BCUT2D eigenvalue weighted by Crippen LogP contribution is -2.04. The van der Waals surface area contributed by atoms with Gasteiger partial charge in [0.15, 0.2) is 0 Å². The number of nitrogens with zero attached hydrogens (tertiary/aromatic N) is 3. The van der Waals surface area contributed by atoms with Gasteiger partial charge in [-0.05, 0) is 18.6 Å². The number of pyridine rings is 1. The summed E-state index contributed by atoms with van der Waals surface area (Å²) in [6, 6.07) is 7.91. The zero-order chi connectivity index (χ0) is 12.8. The third kappa shape index (κ3) is 3.26. The number of aryl methyl sites for hydroxylation is 1. The summed E-state index contributed by atoms with van der Waals surface area (Å²) in [7, 11) is 1.88. The largest absolute Gasteiger partial charge is 0.373 e. The van der Waals surface area contributed by atoms with Gasteiger partial charge in [-0.15, -0.1) is 0 Å². The lowest BCUT2D eigenvalue weighted by molar-refractivity contribution is 0.816. The second kappa shape index (κ2) is 6.10. The Morgan fingerprint density at radius 2 is 2.06 bits per heavy atom. The summed E-state index contributed by atoms with van der Waals surface area (Å²) in [5.74, 6) is 1.77. The van der Waals surface area contributed by atoms with E-state index in [0.29, 0.717) is 0 Å². The molecule has 0 saturated carbocycles. The summed E-state index contributed by atoms with van der Waals surface area (Å²) >= 11 is 0. The van der Waals surface area contributed by atoms with E-state index in [9.17, 15) is 0 Å². The van der Waals surface area contributed by atoms with E-state index in [1.54, 1.807) is 0 Å². The van der Waals surface area contributed by atoms with Crippen LogP contribution in [-0.2, 0) is 12.8 Å². The molecule has 2 aromatic rings. The Bertz CT molecular complexity index is 496. The van der Waals surface area contributed by atoms with E-state index in [1.807, 2.05) is 37.5 Å². The van der Waals surface area contributed by atoms with Crippen molar-refractivity contribution in [3.63, 3.8) is 0 Å². The van der Waals surface area contributed by atoms with E-state index in [4.69, 9.17) is 0 Å². The molecule has 0 aliphatic rings. The highest BCUT2D eigenvalue weighted by molar-refractivity contribution is 5.36. The number of nitrogens with one attached hydrogen (secondary N) is 1. The molecule has 0 saturated heterocycles. The number of aromatic nitrogens is 3. The predicted octanol–water partition coefficient (Wildman–Crippen LogP) is 2.46. The molecular weight excluding hydrogens is 224 g/mol. The Hall–Kier alpha value is -1.97. The van der Waals surface area contributed by atoms with Gasteiger partial charge in [0.25, 0.3) is 0 Å². The van der Waals surface area contributed by atoms with Crippen LogP contribution in [0.5, 0.6) is 0 Å². The van der Waals surface area contributed by atoms with Crippen molar-refractivity contribution < 1.29 is 0 Å². The summed E-state index contributed by atoms with van der Waals surface area (Å²) in [6.07, 6.45) is 4.51. The van der Waals surface area contributed by atoms with E-state index in [0.717, 1.165) is 42.3 Å². The standard InChI is InChI=1S/C14H18N4/c1-3-6-13-17-12(10-14(15-2)18-13)9-11-7-4-5-8-16-11/h4-5,7-8,10H,3,6,9H2,1-2H3,(H,15,17,18). The zero-order valence-electron chi connectivity index (χ0n) is 10.8. The first-order chi connectivity index (χ1) is 8.81. The van der Waals surface area contributed by atoms with E-state index < -0.39 is 0 Å². The fourth-order valence-electron chi connectivity index (χ4n) is 1.79. The Labute approximate surface area is 108 Å². The molecular formula is C14H18N4. The van der Waals surface area contributed by atoms with E-state index in [2.05, 4.69) is 27.2 Å². The molecule has 0 aromatic carbocycles. The minimum absolute atomic E-state index is 0.745. The summed E-state index contributed by atoms with van der Waals surface area (Å²) in [5.41, 5.74) is 2.04. The Kier molecular flexibility index (Phi) is 4.23. The number of hydrogen-bond donors (Lipinski definition) is 1. The molecule has 0 bridgehead atoms. The quantitative estimate of drug-likeness (QED) is 0.875. The molecule has 2 rings (SSSR count). The molecule has 0 aliphatic heterocycles. The first kappa shape index (κ1) is 12.5. The molecule has 0 atom stereocenters. The molecule has 0 radical (unpaired) electrons. The number of rotatable bonds is 5. The normalized spacial score (nSPS) is 10.3. The maximum absolute atomic E-state index is 4.58. The van der Waals surface area contributed by atoms with Crippen molar-refractivity contribution in [1.29, 1.82) is 0 Å². The summed E-state index contributed by atoms with van der Waals surface area (Å²) < 4.78 is 0. The van der Waals surface area contributed by atoms with Gasteiger partial charge in [0.2, 0.25) is 0 Å². The summed E-state index contributed by atoms with van der Waals surface area (Å²) in [4.78, 5) is 13.3. The van der Waals surface area contributed by atoms with Crippen molar-refractivity contribution in [3.05, 3.63) is 47.7 Å². The minimum atomic E-state index is 0.745. The zero-order valence-corrected chi connectivity index (χ0v) is 10.8. The fraction of sp³-hybridized carbons (Fsp3) is 0.357. The van der Waals surface area contributed by atoms with Gasteiger partial charge < -0.3 is 5.32 Å². The van der Waals surface area contributed by atoms with Crippen LogP contribution in [0.25, 0.3) is 0 Å². The third-order valence-electron chi connectivity index (χ3n) is 2.64. The second-order valence-corrected chi connectivity index (χ2v) is 4.16. The summed E-state index contributed by atoms with van der Waals surface area (Å²) in [6.45, 7) is 2.13. The Balaban J connectivity index is 2.24. The van der Waals surface area contributed by atoms with Crippen LogP contribution in [0, 0.1) is 0 Å². The molecule has 0 fully saturated rings. The van der Waals surface area contributed by atoms with Crippen LogP contribution in [0.2, 0.25) is 0 Å². The first-order valence-corrected chi connectivity index (χ1v) is 6.26. The van der Waals surface area contributed by atoms with Crippen molar-refractivity contribution in [3.8, 4) is 0 Å². The van der Waals surface area contributed by atoms with Gasteiger partial charge in [-0.1, -0.05) is 13.0 Å². The van der Waals surface area contributed by atoms with Gasteiger partial charge in [0.05, 0.1) is 5.69 Å². The smallest absolute Gasteiger partial charge is 0.131 e. The van der Waals surface area contributed by atoms with Crippen LogP contribution in [0.3, 0.4) is 0 Å². The summed E-state index contributed by atoms with van der Waals surface area (Å²) in [5, 5.41) is 3.08. The van der Waals surface area contributed by atoms with E-state index in [1.165, 1.54) is 0 Å². The average molecular weight is 242 g/mol. The number of anilines is 1. The van der Waals surface area contributed by atoms with Crippen molar-refractivity contribution in [2.24, 2.45) is 0 Å². The van der Waals surface area contributed by atoms with Gasteiger partial charge in [0.1, 0.15) is 11.6 Å². The van der Waals surface area contributed by atoms with Crippen molar-refractivity contribution >= 4 is 5.82 Å². The molecule has 2 aromatic heterocycles. The van der Waals surface area contributed by atoms with Crippen LogP contribution in [-0.4, -0.2) is 22.0 Å². The van der Waals surface area contributed by atoms with Gasteiger partial charge >= 0.3 is 0 Å². The van der Waals surface area contributed by atoms with Gasteiger partial charge in [-0.3, -0.25) is 4.98 Å². The SMILES string of the molecule is CCCc1nc(Cc2ccccn2)cc(NC)n1. The second-order valence-electron chi connectivity index (χ2n) is 4.16. The van der Waals surface area contributed by atoms with E-state index in [-0.39, 0.29) is 0 Å². The minimum Gasteiger partial charge on any atom is -0.373 e. The van der Waals surface area contributed by atoms with Crippen LogP contribution in [0.1, 0.15) is 30.6 Å². The Morgan fingerprint density at radius 1 is 1.17 bits per heavy atom. The molecule has 1 N–H and O–H groups in total. The predicted molar refractivity (Wildman–Crippen MR) is 72.6 cm³/mol. The first-order valence-electron chi connectivity index (χ1n) is 6.26. The highest BCUT2D eigenvalue weighted by Gasteiger charge is 2.05. The molecule has 18 heavy (non-hydrogen) atoms. The van der Waals surface area contributed by atoms with Crippen molar-refractivity contribution in [2.45, 2.75) is 26.2 Å². The van der Waals surface area contributed by atoms with Crippen molar-refractivity contribution in [1.82, 2.24) is 15.0 Å². The molecule has 4 nitrogen and oxygen atoms in total. The lowest BCUT2D eigenvalue weighted by atomic mass is 10.2. The van der Waals surface area contributed by atoms with Crippen LogP contribution in [0.4, 0.5) is 5.82 Å². The Morgan fingerprint density at radius 3 is 2.72 bits per heavy atom. The van der Waals surface area contributed by atoms with E-state index >= 15 is 0 Å². The lowest BCUT2D eigenvalue weighted by Gasteiger charge is -2.07. The highest BCUT2D eigenvalue weighted by Crippen LogP contribution is 2.11. The maximum Gasteiger partial charge on any atom is 0.131 e. The maximum atomic E-state index is 4.58. The topological polar surface area (TPSA) is 50.7 Å². The molecule has 0 amide bonds. The number of hydrogen-bond acceptors (Lipinski definition) is 4. The van der Waals surface area contributed by atoms with Crippen LogP contribution < -0.4 is 5.32 Å². The van der Waals surface area contributed by atoms with Crippen LogP contribution >= 0.6 is 0 Å². The molecule has 94 valence electrons. The van der Waals surface area contributed by atoms with Gasteiger partial charge in [-0.2, -0.15) is 0 Å². The van der Waals surface area contributed by atoms with Crippen molar-refractivity contribution in [2.75, 3.05) is 12.4 Å². The molecule has 0 aliphatic carbocycles. The highest BCUT2D eigenvalue weighted by atomic mass is 15.0. The molecule has 2 heterocycles. The monoisotopic (exact) mass is 242 g/mol.